The number of unbranched alkanes of at least 4 members (excludes halogenated alkanes) is 1. The van der Waals surface area contributed by atoms with Crippen LogP contribution in [0.5, 0.6) is 0 Å². The van der Waals surface area contributed by atoms with Crippen LogP contribution in [0.2, 0.25) is 0 Å². The Balaban J connectivity index is 1.80. The van der Waals surface area contributed by atoms with Crippen molar-refractivity contribution in [3.63, 3.8) is 0 Å². The summed E-state index contributed by atoms with van der Waals surface area (Å²) < 4.78 is 7.37. The summed E-state index contributed by atoms with van der Waals surface area (Å²) in [6, 6.07) is 3.95. The van der Waals surface area contributed by atoms with Crippen LogP contribution < -0.4 is 16.6 Å². The van der Waals surface area contributed by atoms with Gasteiger partial charge in [0, 0.05) is 6.54 Å². The topological polar surface area (TPSA) is 119 Å². The van der Waals surface area contributed by atoms with Gasteiger partial charge in [-0.2, -0.15) is 4.98 Å². The van der Waals surface area contributed by atoms with Crippen LogP contribution >= 0.6 is 0 Å². The van der Waals surface area contributed by atoms with Gasteiger partial charge < -0.3 is 14.6 Å². The van der Waals surface area contributed by atoms with E-state index in [2.05, 4.69) is 20.3 Å². The molecular formula is C24H33N5O4. The van der Waals surface area contributed by atoms with Gasteiger partial charge >= 0.3 is 11.7 Å². The van der Waals surface area contributed by atoms with E-state index < -0.39 is 22.4 Å². The van der Waals surface area contributed by atoms with Gasteiger partial charge in [0.15, 0.2) is 11.5 Å². The van der Waals surface area contributed by atoms with E-state index >= 15 is 0 Å². The Morgan fingerprint density at radius 1 is 1.06 bits per heavy atom. The van der Waals surface area contributed by atoms with Crippen LogP contribution in [0.4, 0.5) is 0 Å². The molecule has 33 heavy (non-hydrogen) atoms. The van der Waals surface area contributed by atoms with E-state index in [1.807, 2.05) is 51.3 Å². The Bertz CT molecular complexity index is 1270. The lowest BCUT2D eigenvalue weighted by molar-refractivity contribution is -0.161. The zero-order valence-corrected chi connectivity index (χ0v) is 20.5. The zero-order valence-electron chi connectivity index (χ0n) is 20.5. The number of carbonyl (C=O) groups excluding carboxylic acids is 1. The summed E-state index contributed by atoms with van der Waals surface area (Å²) >= 11 is 0. The molecule has 0 spiro atoms. The summed E-state index contributed by atoms with van der Waals surface area (Å²) in [6.45, 7) is 14.3. The number of rotatable bonds is 7. The Morgan fingerprint density at radius 3 is 2.39 bits per heavy atom. The smallest absolute Gasteiger partial charge is 0.349 e. The summed E-state index contributed by atoms with van der Waals surface area (Å²) in [5.74, 6) is -0.0192. The predicted molar refractivity (Wildman–Crippen MR) is 128 cm³/mol. The fourth-order valence-corrected chi connectivity index (χ4v) is 3.55. The number of fused-ring (bicyclic) bond motifs is 2. The summed E-state index contributed by atoms with van der Waals surface area (Å²) in [5.41, 5.74) is 1.23. The van der Waals surface area contributed by atoms with Gasteiger partial charge in [-0.05, 0) is 91.1 Å². The molecule has 0 aliphatic carbocycles. The van der Waals surface area contributed by atoms with Crippen LogP contribution in [0.15, 0.2) is 21.7 Å². The van der Waals surface area contributed by atoms with Crippen molar-refractivity contribution < 1.29 is 9.53 Å². The van der Waals surface area contributed by atoms with Gasteiger partial charge in [-0.25, -0.2) is 9.78 Å². The van der Waals surface area contributed by atoms with Gasteiger partial charge in [-0.15, -0.1) is 0 Å². The van der Waals surface area contributed by atoms with Crippen LogP contribution in [0.3, 0.4) is 0 Å². The Labute approximate surface area is 192 Å². The molecule has 2 N–H and O–H groups in total. The molecule has 2 aliphatic heterocycles. The lowest BCUT2D eigenvalue weighted by atomic mass is 10.0. The molecule has 0 amide bonds. The number of aryl methyl sites for hydroxylation is 3. The number of aromatic amines is 1. The molecule has 0 fully saturated rings. The number of aromatic nitrogens is 4. The highest BCUT2D eigenvalue weighted by Gasteiger charge is 2.31. The molecule has 1 aromatic carbocycles. The summed E-state index contributed by atoms with van der Waals surface area (Å²) in [4.78, 5) is 47.4. The molecule has 1 aromatic rings. The molecule has 0 saturated carbocycles. The molecule has 178 valence electrons. The standard InChI is InChI=1S/C24H33N5O4/c1-14-12-16-17(13-15(14)2)29(19-18(26-16)20(30)28-22(32)27-19)11-9-8-10-25-24(6,7)21(31)33-23(3,4)5/h12-13,25H,8-11H2,1-7H3,(H,28,30,32). The average Bonchev–Trinajstić information content (AvgIpc) is 2.67. The maximum atomic E-state index is 12.4. The van der Waals surface area contributed by atoms with E-state index in [1.54, 1.807) is 13.8 Å². The normalized spacial score (nSPS) is 12.5. The summed E-state index contributed by atoms with van der Waals surface area (Å²) in [7, 11) is 0. The van der Waals surface area contributed by atoms with E-state index in [4.69, 9.17) is 4.74 Å². The lowest BCUT2D eigenvalue weighted by Crippen LogP contribution is -2.50. The molecule has 0 bridgehead atoms. The van der Waals surface area contributed by atoms with E-state index in [9.17, 15) is 14.4 Å². The van der Waals surface area contributed by atoms with Crippen molar-refractivity contribution in [3.8, 4) is 11.5 Å². The second kappa shape index (κ2) is 9.05. The highest BCUT2D eigenvalue weighted by Crippen LogP contribution is 2.24. The minimum absolute atomic E-state index is 0.148. The number of benzene rings is 1. The number of esters is 1. The van der Waals surface area contributed by atoms with Crippen LogP contribution in [-0.2, 0) is 16.1 Å². The van der Waals surface area contributed by atoms with E-state index in [0.29, 0.717) is 18.6 Å². The minimum atomic E-state index is -0.808. The number of hydrogen-bond acceptors (Lipinski definition) is 7. The van der Waals surface area contributed by atoms with E-state index in [1.165, 1.54) is 0 Å². The highest BCUT2D eigenvalue weighted by molar-refractivity contribution is 5.81. The van der Waals surface area contributed by atoms with Crippen molar-refractivity contribution in [1.29, 1.82) is 0 Å². The fraction of sp³-hybridized carbons (Fsp3) is 0.542. The first-order valence-corrected chi connectivity index (χ1v) is 11.2. The van der Waals surface area contributed by atoms with Crippen molar-refractivity contribution in [1.82, 2.24) is 24.8 Å². The number of H-pyrrole nitrogens is 1. The first-order valence-electron chi connectivity index (χ1n) is 11.2. The molecule has 0 unspecified atom stereocenters. The first kappa shape index (κ1) is 24.6. The van der Waals surface area contributed by atoms with Crippen molar-refractivity contribution in [2.24, 2.45) is 0 Å². The van der Waals surface area contributed by atoms with Gasteiger partial charge in [0.1, 0.15) is 11.1 Å². The minimum Gasteiger partial charge on any atom is -0.459 e. The molecule has 0 saturated heterocycles. The molecule has 0 radical (unpaired) electrons. The number of nitrogens with zero attached hydrogens (tertiary/aromatic N) is 3. The summed E-state index contributed by atoms with van der Waals surface area (Å²) in [5, 5.41) is 3.26. The predicted octanol–water partition coefficient (Wildman–Crippen LogP) is 2.69. The lowest BCUT2D eigenvalue weighted by Gasteiger charge is -2.29. The quantitative estimate of drug-likeness (QED) is 0.319. The molecule has 0 atom stereocenters. The molecular weight excluding hydrogens is 422 g/mol. The number of hydrogen-bond donors (Lipinski definition) is 2. The number of ether oxygens (including phenoxy) is 1. The second-order valence-electron chi connectivity index (χ2n) is 9.99. The monoisotopic (exact) mass is 455 g/mol. The molecule has 2 aliphatic rings. The van der Waals surface area contributed by atoms with E-state index in [-0.39, 0.29) is 17.5 Å². The van der Waals surface area contributed by atoms with Crippen LogP contribution in [0, 0.1) is 13.8 Å². The van der Waals surface area contributed by atoms with Crippen molar-refractivity contribution in [2.75, 3.05) is 6.54 Å². The Morgan fingerprint density at radius 2 is 1.73 bits per heavy atom. The molecule has 9 heteroatoms. The van der Waals surface area contributed by atoms with Gasteiger partial charge in [-0.1, -0.05) is 0 Å². The van der Waals surface area contributed by atoms with Crippen molar-refractivity contribution in [2.45, 2.75) is 79.0 Å². The SMILES string of the molecule is Cc1cc2nc3c(=O)[nH]c(=O)nc-3n(CCCCNC(C)(C)C(=O)OC(C)(C)C)c2cc1C. The fourth-order valence-electron chi connectivity index (χ4n) is 3.55. The molecule has 0 aromatic heterocycles. The third-order valence-corrected chi connectivity index (χ3v) is 5.51. The van der Waals surface area contributed by atoms with Crippen molar-refractivity contribution in [3.05, 3.63) is 44.1 Å². The van der Waals surface area contributed by atoms with Gasteiger partial charge in [0.2, 0.25) is 0 Å². The maximum absolute atomic E-state index is 12.4. The Kier molecular flexibility index (Phi) is 6.74. The van der Waals surface area contributed by atoms with Gasteiger partial charge in [-0.3, -0.25) is 14.6 Å². The third-order valence-electron chi connectivity index (χ3n) is 5.51. The van der Waals surface area contributed by atoms with Crippen LogP contribution in [0.25, 0.3) is 22.6 Å². The third kappa shape index (κ3) is 5.65. The highest BCUT2D eigenvalue weighted by atomic mass is 16.6. The largest absolute Gasteiger partial charge is 0.459 e. The molecule has 9 nitrogen and oxygen atoms in total. The van der Waals surface area contributed by atoms with Gasteiger partial charge in [0.25, 0.3) is 5.56 Å². The van der Waals surface area contributed by atoms with Crippen LogP contribution in [0.1, 0.15) is 58.6 Å². The first-order chi connectivity index (χ1) is 15.3. The maximum Gasteiger partial charge on any atom is 0.349 e. The van der Waals surface area contributed by atoms with E-state index in [0.717, 1.165) is 29.5 Å². The molecule has 3 rings (SSSR count). The van der Waals surface area contributed by atoms with Crippen LogP contribution in [-0.4, -0.2) is 43.2 Å². The number of carbonyl (C=O) groups is 1. The summed E-state index contributed by atoms with van der Waals surface area (Å²) in [6.07, 6.45) is 1.51. The second-order valence-corrected chi connectivity index (χ2v) is 9.99. The average molecular weight is 456 g/mol. The Hall–Kier alpha value is -3.07. The number of nitrogens with one attached hydrogen (secondary N) is 2. The van der Waals surface area contributed by atoms with Gasteiger partial charge in [0.05, 0.1) is 11.0 Å². The molecule has 2 heterocycles. The van der Waals surface area contributed by atoms with Crippen molar-refractivity contribution >= 4 is 17.0 Å². The zero-order chi connectivity index (χ0) is 24.6.